The molecule has 0 aromatic carbocycles. The Morgan fingerprint density at radius 3 is 3.04 bits per heavy atom. The molecule has 1 N–H and O–H groups in total. The minimum atomic E-state index is -0.290. The van der Waals surface area contributed by atoms with Crippen molar-refractivity contribution in [2.24, 2.45) is 5.92 Å². The second-order valence-electron chi connectivity index (χ2n) is 5.87. The van der Waals surface area contributed by atoms with E-state index >= 15 is 0 Å². The summed E-state index contributed by atoms with van der Waals surface area (Å²) in [6.45, 7) is 4.38. The van der Waals surface area contributed by atoms with Crippen molar-refractivity contribution in [3.05, 3.63) is 40.9 Å². The first-order chi connectivity index (χ1) is 11.1. The fourth-order valence-corrected chi connectivity index (χ4v) is 3.76. The molecule has 3 heterocycles. The number of nitrogens with one attached hydrogen (secondary N) is 1. The van der Waals surface area contributed by atoms with Gasteiger partial charge in [0, 0.05) is 36.8 Å². The summed E-state index contributed by atoms with van der Waals surface area (Å²) in [6, 6.07) is 3.23. The Kier molecular flexibility index (Phi) is 4.97. The second kappa shape index (κ2) is 7.14. The number of anilines is 1. The molecule has 1 atom stereocenters. The predicted octanol–water partition coefficient (Wildman–Crippen LogP) is 2.70. The molecule has 0 bridgehead atoms. The summed E-state index contributed by atoms with van der Waals surface area (Å²) < 4.78 is 12.9. The van der Waals surface area contributed by atoms with Crippen molar-refractivity contribution >= 4 is 22.4 Å². The number of hydrogen-bond acceptors (Lipinski definition) is 5. The van der Waals surface area contributed by atoms with Crippen LogP contribution in [0.3, 0.4) is 0 Å². The quantitative estimate of drug-likeness (QED) is 0.913. The molecule has 3 rings (SSSR count). The molecule has 1 fully saturated rings. The monoisotopic (exact) mass is 334 g/mol. The number of thiazole rings is 1. The van der Waals surface area contributed by atoms with E-state index in [1.54, 1.807) is 6.07 Å². The van der Waals surface area contributed by atoms with Gasteiger partial charge in [-0.1, -0.05) is 0 Å². The summed E-state index contributed by atoms with van der Waals surface area (Å²) in [6.07, 6.45) is 5.11. The third kappa shape index (κ3) is 4.56. The molecule has 1 aliphatic rings. The van der Waals surface area contributed by atoms with Gasteiger partial charge < -0.3 is 5.32 Å². The highest BCUT2D eigenvalue weighted by Gasteiger charge is 2.23. The molecule has 2 aromatic heterocycles. The molecule has 1 amide bonds. The number of rotatable bonds is 5. The lowest BCUT2D eigenvalue weighted by Crippen LogP contribution is -2.20. The van der Waals surface area contributed by atoms with Crippen LogP contribution in [0.1, 0.15) is 23.9 Å². The summed E-state index contributed by atoms with van der Waals surface area (Å²) in [5.74, 6) is 0.164. The molecule has 5 nitrogen and oxygen atoms in total. The van der Waals surface area contributed by atoms with Gasteiger partial charge in [0.1, 0.15) is 5.82 Å². The van der Waals surface area contributed by atoms with Crippen molar-refractivity contribution in [2.75, 3.05) is 18.4 Å². The third-order valence-electron chi connectivity index (χ3n) is 3.87. The molecule has 122 valence electrons. The average Bonchev–Trinajstić information content (AvgIpc) is 3.11. The van der Waals surface area contributed by atoms with Crippen LogP contribution in [0.5, 0.6) is 0 Å². The van der Waals surface area contributed by atoms with Crippen LogP contribution in [0, 0.1) is 11.7 Å². The van der Waals surface area contributed by atoms with Gasteiger partial charge in [0.05, 0.1) is 6.20 Å². The number of halogens is 1. The van der Waals surface area contributed by atoms with E-state index in [2.05, 4.69) is 20.2 Å². The Bertz CT molecular complexity index is 673. The molecule has 1 aliphatic heterocycles. The number of nitrogens with zero attached hydrogens (tertiary/aromatic N) is 3. The molecule has 1 unspecified atom stereocenters. The number of carbonyl (C=O) groups is 1. The Hall–Kier alpha value is -1.86. The Morgan fingerprint density at radius 2 is 2.30 bits per heavy atom. The Balaban J connectivity index is 1.50. The van der Waals surface area contributed by atoms with Crippen molar-refractivity contribution in [1.82, 2.24) is 14.9 Å². The van der Waals surface area contributed by atoms with Crippen LogP contribution in [-0.4, -0.2) is 33.9 Å². The highest BCUT2D eigenvalue weighted by molar-refractivity contribution is 7.15. The van der Waals surface area contributed by atoms with Crippen LogP contribution < -0.4 is 5.32 Å². The third-order valence-corrected chi connectivity index (χ3v) is 4.77. The summed E-state index contributed by atoms with van der Waals surface area (Å²) in [5, 5.41) is 3.36. The maximum Gasteiger partial charge on any atom is 0.223 e. The fourth-order valence-electron chi connectivity index (χ4n) is 2.86. The lowest BCUT2D eigenvalue weighted by atomic mass is 10.0. The number of carbonyl (C=O) groups excluding carboxylic acids is 1. The van der Waals surface area contributed by atoms with Crippen molar-refractivity contribution in [3.8, 4) is 0 Å². The molecule has 1 saturated heterocycles. The zero-order chi connectivity index (χ0) is 16.2. The zero-order valence-corrected chi connectivity index (χ0v) is 13.8. The highest BCUT2D eigenvalue weighted by atomic mass is 32.1. The first-order valence-corrected chi connectivity index (χ1v) is 8.45. The van der Waals surface area contributed by atoms with E-state index in [9.17, 15) is 9.18 Å². The van der Waals surface area contributed by atoms with Gasteiger partial charge in [0.15, 0.2) is 5.13 Å². The van der Waals surface area contributed by atoms with Crippen LogP contribution in [0.2, 0.25) is 0 Å². The normalized spacial score (nSPS) is 18.3. The zero-order valence-electron chi connectivity index (χ0n) is 13.0. The van der Waals surface area contributed by atoms with Gasteiger partial charge in [0.2, 0.25) is 5.91 Å². The van der Waals surface area contributed by atoms with E-state index in [0.717, 1.165) is 43.0 Å². The minimum absolute atomic E-state index is 0.0982. The topological polar surface area (TPSA) is 58.1 Å². The van der Waals surface area contributed by atoms with E-state index in [1.807, 2.05) is 6.20 Å². The number of likely N-dealkylation sites (tertiary alicyclic amines) is 1. The summed E-state index contributed by atoms with van der Waals surface area (Å²) in [5.41, 5.74) is 0.948. The number of hydrogen-bond donors (Lipinski definition) is 1. The smallest absolute Gasteiger partial charge is 0.223 e. The fraction of sp³-hybridized carbons (Fsp3) is 0.438. The highest BCUT2D eigenvalue weighted by Crippen LogP contribution is 2.25. The van der Waals surface area contributed by atoms with E-state index in [1.165, 1.54) is 30.5 Å². The van der Waals surface area contributed by atoms with Crippen molar-refractivity contribution in [3.63, 3.8) is 0 Å². The maximum absolute atomic E-state index is 12.9. The molecule has 0 spiro atoms. The summed E-state index contributed by atoms with van der Waals surface area (Å²) in [7, 11) is 0. The van der Waals surface area contributed by atoms with Gasteiger partial charge in [-0.05, 0) is 37.4 Å². The second-order valence-corrected chi connectivity index (χ2v) is 6.99. The molecule has 0 aliphatic carbocycles. The van der Waals surface area contributed by atoms with Crippen LogP contribution in [0.25, 0.3) is 0 Å². The molecular weight excluding hydrogens is 315 g/mol. The van der Waals surface area contributed by atoms with Crippen LogP contribution in [0.15, 0.2) is 24.5 Å². The van der Waals surface area contributed by atoms with E-state index in [0.29, 0.717) is 11.0 Å². The number of amides is 1. The van der Waals surface area contributed by atoms with Crippen molar-refractivity contribution in [1.29, 1.82) is 0 Å². The predicted molar refractivity (Wildman–Crippen MR) is 87.7 cm³/mol. The van der Waals surface area contributed by atoms with E-state index in [-0.39, 0.29) is 11.7 Å². The average molecular weight is 334 g/mol. The van der Waals surface area contributed by atoms with Crippen molar-refractivity contribution in [2.45, 2.75) is 26.3 Å². The summed E-state index contributed by atoms with van der Waals surface area (Å²) >= 11 is 1.52. The van der Waals surface area contributed by atoms with Crippen LogP contribution in [-0.2, 0) is 17.8 Å². The molecule has 0 radical (unpaired) electrons. The van der Waals surface area contributed by atoms with Gasteiger partial charge in [0.25, 0.3) is 0 Å². The standard InChI is InChI=1S/C16H19FN4OS/c1-11(22)20-16-19-8-15(23-16)10-21-5-4-12(9-21)6-14-3-2-13(17)7-18-14/h2-3,7-8,12H,4-6,9-10H2,1H3,(H,19,20,22). The van der Waals surface area contributed by atoms with Gasteiger partial charge in [-0.15, -0.1) is 11.3 Å². The number of aromatic nitrogens is 2. The maximum atomic E-state index is 12.9. The van der Waals surface area contributed by atoms with Gasteiger partial charge >= 0.3 is 0 Å². The van der Waals surface area contributed by atoms with Gasteiger partial charge in [-0.25, -0.2) is 9.37 Å². The first-order valence-electron chi connectivity index (χ1n) is 7.63. The Morgan fingerprint density at radius 1 is 1.43 bits per heavy atom. The number of pyridine rings is 1. The Labute approximate surface area is 138 Å². The summed E-state index contributed by atoms with van der Waals surface area (Å²) in [4.78, 5) is 22.9. The molecule has 0 saturated carbocycles. The lowest BCUT2D eigenvalue weighted by Gasteiger charge is -2.14. The van der Waals surface area contributed by atoms with E-state index in [4.69, 9.17) is 0 Å². The minimum Gasteiger partial charge on any atom is -0.302 e. The molecular formula is C16H19FN4OS. The van der Waals surface area contributed by atoms with E-state index < -0.39 is 0 Å². The van der Waals surface area contributed by atoms with Gasteiger partial charge in [-0.3, -0.25) is 14.7 Å². The van der Waals surface area contributed by atoms with Crippen molar-refractivity contribution < 1.29 is 9.18 Å². The van der Waals surface area contributed by atoms with Gasteiger partial charge in [-0.2, -0.15) is 0 Å². The molecule has 2 aromatic rings. The molecule has 7 heteroatoms. The first kappa shape index (κ1) is 16.0. The lowest BCUT2D eigenvalue weighted by molar-refractivity contribution is -0.114. The largest absolute Gasteiger partial charge is 0.302 e. The molecule has 23 heavy (non-hydrogen) atoms. The van der Waals surface area contributed by atoms with Crippen LogP contribution in [0.4, 0.5) is 9.52 Å². The SMILES string of the molecule is CC(=O)Nc1ncc(CN2CCC(Cc3ccc(F)cn3)C2)s1. The van der Waals surface area contributed by atoms with Crippen LogP contribution >= 0.6 is 11.3 Å².